The van der Waals surface area contributed by atoms with Crippen molar-refractivity contribution in [3.63, 3.8) is 0 Å². The van der Waals surface area contributed by atoms with Gasteiger partial charge in [-0.3, -0.25) is 4.90 Å². The molecule has 34 heavy (non-hydrogen) atoms. The van der Waals surface area contributed by atoms with Gasteiger partial charge in [-0.25, -0.2) is 9.97 Å². The van der Waals surface area contributed by atoms with Gasteiger partial charge in [-0.1, -0.05) is 0 Å². The van der Waals surface area contributed by atoms with Crippen molar-refractivity contribution in [2.24, 2.45) is 0 Å². The lowest BCUT2D eigenvalue weighted by atomic mass is 10.1. The summed E-state index contributed by atoms with van der Waals surface area (Å²) in [6.45, 7) is 4.80. The molecule has 1 aliphatic heterocycles. The number of anilines is 2. The highest BCUT2D eigenvalue weighted by Gasteiger charge is 2.12. The van der Waals surface area contributed by atoms with Crippen LogP contribution in [0.1, 0.15) is 5.56 Å². The Morgan fingerprint density at radius 3 is 2.59 bits per heavy atom. The van der Waals surface area contributed by atoms with Gasteiger partial charge < -0.3 is 24.3 Å². The molecule has 9 heteroatoms. The summed E-state index contributed by atoms with van der Waals surface area (Å²) in [5.74, 6) is 2.25. The number of aromatic nitrogens is 2. The Balaban J connectivity index is 1.44. The van der Waals surface area contributed by atoms with Crippen LogP contribution in [0.25, 0.3) is 11.3 Å². The first kappa shape index (κ1) is 23.3. The molecule has 2 heterocycles. The predicted molar refractivity (Wildman–Crippen MR) is 128 cm³/mol. The minimum Gasteiger partial charge on any atom is -0.495 e. The van der Waals surface area contributed by atoms with Gasteiger partial charge >= 0.3 is 0 Å². The standard InChI is InChI=1S/C25H27N5O4/c1-31-22-5-3-18(15-19(22)17-26)21-7-8-27-25(29-21)28-20-4-6-23(24(16-20)32-2)34-14-11-30-9-12-33-13-10-30/h3-8,15-16H,9-14H2,1-2H3,(H,27,28,29). The van der Waals surface area contributed by atoms with Crippen molar-refractivity contribution in [1.29, 1.82) is 5.26 Å². The zero-order chi connectivity index (χ0) is 23.8. The quantitative estimate of drug-likeness (QED) is 0.513. The van der Waals surface area contributed by atoms with Gasteiger partial charge in [0.25, 0.3) is 0 Å². The molecule has 1 aromatic heterocycles. The third-order valence-corrected chi connectivity index (χ3v) is 5.46. The molecule has 0 bridgehead atoms. The molecule has 1 aliphatic rings. The number of hydrogen-bond donors (Lipinski definition) is 1. The lowest BCUT2D eigenvalue weighted by Crippen LogP contribution is -2.38. The smallest absolute Gasteiger partial charge is 0.227 e. The Labute approximate surface area is 198 Å². The van der Waals surface area contributed by atoms with E-state index in [1.165, 1.54) is 7.11 Å². The van der Waals surface area contributed by atoms with Crippen LogP contribution in [0.2, 0.25) is 0 Å². The topological polar surface area (TPSA) is 102 Å². The zero-order valence-corrected chi connectivity index (χ0v) is 19.3. The van der Waals surface area contributed by atoms with Gasteiger partial charge in [-0.05, 0) is 36.4 Å². The van der Waals surface area contributed by atoms with Crippen molar-refractivity contribution in [2.75, 3.05) is 59.0 Å². The highest BCUT2D eigenvalue weighted by molar-refractivity contribution is 5.66. The second-order valence-corrected chi connectivity index (χ2v) is 7.59. The summed E-state index contributed by atoms with van der Waals surface area (Å²) in [5, 5.41) is 12.6. The van der Waals surface area contributed by atoms with Crippen molar-refractivity contribution in [2.45, 2.75) is 0 Å². The van der Waals surface area contributed by atoms with Crippen LogP contribution in [0, 0.1) is 11.3 Å². The zero-order valence-electron chi connectivity index (χ0n) is 19.3. The Morgan fingerprint density at radius 2 is 1.82 bits per heavy atom. The number of benzene rings is 2. The van der Waals surface area contributed by atoms with Gasteiger partial charge in [-0.2, -0.15) is 5.26 Å². The van der Waals surface area contributed by atoms with Gasteiger partial charge in [-0.15, -0.1) is 0 Å². The van der Waals surface area contributed by atoms with Crippen LogP contribution in [-0.2, 0) is 4.74 Å². The Kier molecular flexibility index (Phi) is 7.75. The minimum absolute atomic E-state index is 0.426. The van der Waals surface area contributed by atoms with E-state index in [0.717, 1.165) is 44.1 Å². The number of nitrogens with zero attached hydrogens (tertiary/aromatic N) is 4. The van der Waals surface area contributed by atoms with Gasteiger partial charge in [0.1, 0.15) is 18.4 Å². The molecule has 9 nitrogen and oxygen atoms in total. The summed E-state index contributed by atoms with van der Waals surface area (Å²) < 4.78 is 22.1. The van der Waals surface area contributed by atoms with Crippen LogP contribution >= 0.6 is 0 Å². The van der Waals surface area contributed by atoms with Gasteiger partial charge in [0.05, 0.1) is 38.7 Å². The number of nitrogens with one attached hydrogen (secondary N) is 1. The molecule has 4 rings (SSSR count). The Morgan fingerprint density at radius 1 is 1.03 bits per heavy atom. The Bertz CT molecular complexity index is 1160. The van der Waals surface area contributed by atoms with E-state index in [1.807, 2.05) is 24.3 Å². The second kappa shape index (κ2) is 11.3. The van der Waals surface area contributed by atoms with E-state index in [-0.39, 0.29) is 0 Å². The number of morpholine rings is 1. The maximum absolute atomic E-state index is 9.36. The van der Waals surface area contributed by atoms with Crippen molar-refractivity contribution in [3.05, 3.63) is 54.2 Å². The predicted octanol–water partition coefficient (Wildman–Crippen LogP) is 3.49. The van der Waals surface area contributed by atoms with Crippen LogP contribution in [-0.4, -0.2) is 68.5 Å². The van der Waals surface area contributed by atoms with E-state index in [2.05, 4.69) is 26.3 Å². The fourth-order valence-electron chi connectivity index (χ4n) is 3.64. The number of hydrogen-bond acceptors (Lipinski definition) is 9. The highest BCUT2D eigenvalue weighted by Crippen LogP contribution is 2.31. The number of nitriles is 1. The van der Waals surface area contributed by atoms with Crippen molar-refractivity contribution in [1.82, 2.24) is 14.9 Å². The summed E-state index contributed by atoms with van der Waals surface area (Å²) in [4.78, 5) is 11.2. The van der Waals surface area contributed by atoms with Gasteiger partial charge in [0.15, 0.2) is 11.5 Å². The minimum atomic E-state index is 0.426. The Hall–Kier alpha value is -3.87. The van der Waals surface area contributed by atoms with Crippen LogP contribution in [0.3, 0.4) is 0 Å². The molecule has 1 saturated heterocycles. The maximum Gasteiger partial charge on any atom is 0.227 e. The molecular formula is C25H27N5O4. The molecule has 3 aromatic rings. The van der Waals surface area contributed by atoms with Crippen LogP contribution in [0.5, 0.6) is 17.2 Å². The molecular weight excluding hydrogens is 434 g/mol. The SMILES string of the molecule is COc1ccc(-c2ccnc(Nc3ccc(OCCN4CCOCC4)c(OC)c3)n2)cc1C#N. The average molecular weight is 462 g/mol. The van der Waals surface area contributed by atoms with Crippen molar-refractivity contribution < 1.29 is 18.9 Å². The molecule has 0 atom stereocenters. The number of rotatable bonds is 9. The summed E-state index contributed by atoms with van der Waals surface area (Å²) in [5.41, 5.74) is 2.69. The fraction of sp³-hybridized carbons (Fsp3) is 0.320. The summed E-state index contributed by atoms with van der Waals surface area (Å²) in [6.07, 6.45) is 1.67. The van der Waals surface area contributed by atoms with E-state index in [1.54, 1.807) is 31.5 Å². The van der Waals surface area contributed by atoms with Gasteiger partial charge in [0, 0.05) is 43.1 Å². The second-order valence-electron chi connectivity index (χ2n) is 7.59. The molecule has 0 spiro atoms. The molecule has 0 radical (unpaired) electrons. The van der Waals surface area contributed by atoms with Crippen LogP contribution < -0.4 is 19.5 Å². The van der Waals surface area contributed by atoms with E-state index >= 15 is 0 Å². The number of ether oxygens (including phenoxy) is 4. The summed E-state index contributed by atoms with van der Waals surface area (Å²) in [7, 11) is 3.15. The van der Waals surface area contributed by atoms with E-state index < -0.39 is 0 Å². The van der Waals surface area contributed by atoms with Crippen molar-refractivity contribution >= 4 is 11.6 Å². The maximum atomic E-state index is 9.36. The normalized spacial score (nSPS) is 13.7. The van der Waals surface area contributed by atoms with E-state index in [0.29, 0.717) is 41.1 Å². The first-order valence-corrected chi connectivity index (χ1v) is 11.0. The lowest BCUT2D eigenvalue weighted by molar-refractivity contribution is 0.0321. The third kappa shape index (κ3) is 5.73. The molecule has 1 N–H and O–H groups in total. The third-order valence-electron chi connectivity index (χ3n) is 5.46. The first-order chi connectivity index (χ1) is 16.7. The highest BCUT2D eigenvalue weighted by atomic mass is 16.5. The molecule has 0 unspecified atom stereocenters. The summed E-state index contributed by atoms with van der Waals surface area (Å²) >= 11 is 0. The molecule has 0 saturated carbocycles. The van der Waals surface area contributed by atoms with E-state index in [4.69, 9.17) is 18.9 Å². The van der Waals surface area contributed by atoms with Crippen LogP contribution in [0.15, 0.2) is 48.7 Å². The van der Waals surface area contributed by atoms with Gasteiger partial charge in [0.2, 0.25) is 5.95 Å². The van der Waals surface area contributed by atoms with Crippen molar-refractivity contribution in [3.8, 4) is 34.6 Å². The fourth-order valence-corrected chi connectivity index (χ4v) is 3.64. The molecule has 0 amide bonds. The first-order valence-electron chi connectivity index (χ1n) is 11.0. The van der Waals surface area contributed by atoms with Crippen LogP contribution in [0.4, 0.5) is 11.6 Å². The lowest BCUT2D eigenvalue weighted by Gasteiger charge is -2.26. The molecule has 1 fully saturated rings. The molecule has 2 aromatic carbocycles. The average Bonchev–Trinajstić information content (AvgIpc) is 2.89. The summed E-state index contributed by atoms with van der Waals surface area (Å²) in [6, 6.07) is 14.9. The molecule has 0 aliphatic carbocycles. The molecule has 176 valence electrons. The largest absolute Gasteiger partial charge is 0.495 e. The monoisotopic (exact) mass is 461 g/mol. The van der Waals surface area contributed by atoms with E-state index in [9.17, 15) is 5.26 Å². The number of methoxy groups -OCH3 is 2.